The van der Waals surface area contributed by atoms with Gasteiger partial charge in [-0.15, -0.1) is 0 Å². The molecule has 0 atom stereocenters. The van der Waals surface area contributed by atoms with E-state index in [1.165, 1.54) is 18.4 Å². The van der Waals surface area contributed by atoms with Crippen molar-refractivity contribution in [1.82, 2.24) is 5.16 Å². The highest BCUT2D eigenvalue weighted by Crippen LogP contribution is 2.26. The highest BCUT2D eigenvalue weighted by molar-refractivity contribution is 6.38. The van der Waals surface area contributed by atoms with Gasteiger partial charge in [-0.25, -0.2) is 0 Å². The van der Waals surface area contributed by atoms with E-state index in [4.69, 9.17) is 32.1 Å². The number of para-hydroxylation sites is 1. The molecule has 0 radical (unpaired) electrons. The van der Waals surface area contributed by atoms with Crippen molar-refractivity contribution >= 4 is 57.3 Å². The summed E-state index contributed by atoms with van der Waals surface area (Å²) in [6.45, 7) is 0. The van der Waals surface area contributed by atoms with Crippen LogP contribution in [0, 0.1) is 0 Å². The minimum atomic E-state index is -0.218. The molecule has 118 valence electrons. The molecular formula is C18H9Cl2NO3. The first-order valence-electron chi connectivity index (χ1n) is 7.06. The molecule has 0 aliphatic carbocycles. The predicted octanol–water partition coefficient (Wildman–Crippen LogP) is 5.41. The lowest BCUT2D eigenvalue weighted by Crippen LogP contribution is -2.04. The Bertz CT molecular complexity index is 1160. The molecule has 0 amide bonds. The van der Waals surface area contributed by atoms with Crippen molar-refractivity contribution in [2.45, 2.75) is 0 Å². The van der Waals surface area contributed by atoms with Crippen LogP contribution in [0.25, 0.3) is 34.1 Å². The van der Waals surface area contributed by atoms with Gasteiger partial charge in [-0.3, -0.25) is 4.79 Å². The normalized spacial score (nSPS) is 11.8. The minimum absolute atomic E-state index is 0.218. The zero-order valence-corrected chi connectivity index (χ0v) is 13.6. The van der Waals surface area contributed by atoms with Crippen LogP contribution < -0.4 is 5.43 Å². The topological polar surface area (TPSA) is 56.2 Å². The maximum absolute atomic E-state index is 12.6. The monoisotopic (exact) mass is 357 g/mol. The molecule has 0 spiro atoms. The highest BCUT2D eigenvalue weighted by Gasteiger charge is 2.10. The molecule has 0 unspecified atom stereocenters. The Morgan fingerprint density at radius 3 is 2.75 bits per heavy atom. The van der Waals surface area contributed by atoms with Crippen molar-refractivity contribution in [2.75, 3.05) is 0 Å². The molecule has 0 saturated heterocycles. The number of nitrogens with zero attached hydrogens (tertiary/aromatic N) is 1. The Labute approximate surface area is 145 Å². The van der Waals surface area contributed by atoms with E-state index in [-0.39, 0.29) is 5.43 Å². The van der Waals surface area contributed by atoms with Crippen LogP contribution in [0.3, 0.4) is 0 Å². The van der Waals surface area contributed by atoms with Gasteiger partial charge in [0.2, 0.25) is 0 Å². The summed E-state index contributed by atoms with van der Waals surface area (Å²) in [6.07, 6.45) is 4.70. The van der Waals surface area contributed by atoms with Gasteiger partial charge in [-0.05, 0) is 36.4 Å². The molecule has 4 aromatic rings. The molecule has 0 bridgehead atoms. The predicted molar refractivity (Wildman–Crippen MR) is 95.4 cm³/mol. The smallest absolute Gasteiger partial charge is 0.199 e. The van der Waals surface area contributed by atoms with Gasteiger partial charge in [-0.1, -0.05) is 40.5 Å². The van der Waals surface area contributed by atoms with Crippen molar-refractivity contribution in [3.8, 4) is 0 Å². The van der Waals surface area contributed by atoms with Gasteiger partial charge in [0.1, 0.15) is 12.0 Å². The second kappa shape index (κ2) is 5.82. The lowest BCUT2D eigenvalue weighted by molar-refractivity contribution is 0.454. The Morgan fingerprint density at radius 1 is 1.04 bits per heavy atom. The molecule has 0 saturated carbocycles. The third-order valence-corrected chi connectivity index (χ3v) is 4.14. The van der Waals surface area contributed by atoms with Crippen molar-refractivity contribution in [2.24, 2.45) is 0 Å². The van der Waals surface area contributed by atoms with Crippen LogP contribution in [-0.2, 0) is 0 Å². The molecule has 4 rings (SSSR count). The first kappa shape index (κ1) is 15.0. The van der Waals surface area contributed by atoms with Crippen LogP contribution in [0.15, 0.2) is 56.4 Å². The summed E-state index contributed by atoms with van der Waals surface area (Å²) in [4.78, 5) is 12.6. The van der Waals surface area contributed by atoms with E-state index < -0.39 is 0 Å². The van der Waals surface area contributed by atoms with Gasteiger partial charge in [0, 0.05) is 10.4 Å². The summed E-state index contributed by atoms with van der Waals surface area (Å²) in [7, 11) is 0. The summed E-state index contributed by atoms with van der Waals surface area (Å²) in [5.41, 5.74) is 1.78. The Hall–Kier alpha value is -2.56. The van der Waals surface area contributed by atoms with E-state index in [9.17, 15) is 4.79 Å². The van der Waals surface area contributed by atoms with E-state index in [1.54, 1.807) is 12.2 Å². The molecule has 2 heterocycles. The second-order valence-corrected chi connectivity index (χ2v) is 6.03. The van der Waals surface area contributed by atoms with Gasteiger partial charge >= 0.3 is 0 Å². The summed E-state index contributed by atoms with van der Waals surface area (Å²) < 4.78 is 10.7. The number of fused-ring (bicyclic) bond motifs is 2. The van der Waals surface area contributed by atoms with Gasteiger partial charge < -0.3 is 8.94 Å². The first-order valence-corrected chi connectivity index (χ1v) is 7.82. The summed E-state index contributed by atoms with van der Waals surface area (Å²) >= 11 is 12.0. The molecule has 0 aliphatic rings. The Balaban J connectivity index is 1.82. The molecule has 0 aliphatic heterocycles. The molecule has 2 aromatic heterocycles. The highest BCUT2D eigenvalue weighted by atomic mass is 35.5. The fraction of sp³-hybridized carbons (Fsp3) is 0. The summed E-state index contributed by atoms with van der Waals surface area (Å²) in [5, 5.41) is 5.87. The SMILES string of the molecule is O=c1c(/C=C/c2noc3ccccc23)coc2c(Cl)cc(Cl)cc12. The van der Waals surface area contributed by atoms with E-state index in [1.807, 2.05) is 24.3 Å². The van der Waals surface area contributed by atoms with Crippen LogP contribution in [0.5, 0.6) is 0 Å². The number of halogens is 2. The van der Waals surface area contributed by atoms with Crippen molar-refractivity contribution in [3.05, 3.63) is 74.2 Å². The zero-order chi connectivity index (χ0) is 16.7. The Morgan fingerprint density at radius 2 is 1.88 bits per heavy atom. The standard InChI is InChI=1S/C18H9Cl2NO3/c19-11-7-13-17(22)10(9-23-18(13)14(20)8-11)5-6-15-12-3-1-2-4-16(12)24-21-15/h1-9H/b6-5+. The third-order valence-electron chi connectivity index (χ3n) is 3.65. The largest absolute Gasteiger partial charge is 0.462 e. The van der Waals surface area contributed by atoms with Gasteiger partial charge in [-0.2, -0.15) is 0 Å². The molecule has 2 aromatic carbocycles. The van der Waals surface area contributed by atoms with Crippen molar-refractivity contribution < 1.29 is 8.94 Å². The maximum atomic E-state index is 12.6. The van der Waals surface area contributed by atoms with Crippen LogP contribution in [0.2, 0.25) is 10.0 Å². The summed E-state index contributed by atoms with van der Waals surface area (Å²) in [5.74, 6) is 0. The molecular weight excluding hydrogens is 349 g/mol. The second-order valence-electron chi connectivity index (χ2n) is 5.18. The van der Waals surface area contributed by atoms with E-state index >= 15 is 0 Å². The fourth-order valence-electron chi connectivity index (χ4n) is 2.49. The first-order chi connectivity index (χ1) is 11.6. The van der Waals surface area contributed by atoms with Gasteiger partial charge in [0.15, 0.2) is 16.6 Å². The van der Waals surface area contributed by atoms with Gasteiger partial charge in [0.25, 0.3) is 0 Å². The lowest BCUT2D eigenvalue weighted by atomic mass is 10.1. The van der Waals surface area contributed by atoms with Crippen molar-refractivity contribution in [3.63, 3.8) is 0 Å². The number of hydrogen-bond acceptors (Lipinski definition) is 4. The minimum Gasteiger partial charge on any atom is -0.462 e. The Kier molecular flexibility index (Phi) is 3.63. The van der Waals surface area contributed by atoms with E-state index in [2.05, 4.69) is 5.16 Å². The lowest BCUT2D eigenvalue weighted by Gasteiger charge is -2.01. The summed E-state index contributed by atoms with van der Waals surface area (Å²) in [6, 6.07) is 10.6. The zero-order valence-electron chi connectivity index (χ0n) is 12.1. The average molecular weight is 358 g/mol. The quantitative estimate of drug-likeness (QED) is 0.481. The van der Waals surface area contributed by atoms with Crippen LogP contribution in [-0.4, -0.2) is 5.16 Å². The average Bonchev–Trinajstić information content (AvgIpc) is 2.98. The van der Waals surface area contributed by atoms with E-state index in [0.717, 1.165) is 5.39 Å². The van der Waals surface area contributed by atoms with Crippen LogP contribution in [0.1, 0.15) is 11.3 Å². The number of rotatable bonds is 2. The van der Waals surface area contributed by atoms with Crippen molar-refractivity contribution in [1.29, 1.82) is 0 Å². The fourth-order valence-corrected chi connectivity index (χ4v) is 3.03. The van der Waals surface area contributed by atoms with Crippen LogP contribution in [0.4, 0.5) is 0 Å². The van der Waals surface area contributed by atoms with Gasteiger partial charge in [0.05, 0.1) is 16.0 Å². The number of aromatic nitrogens is 1. The third kappa shape index (κ3) is 2.50. The van der Waals surface area contributed by atoms with E-state index in [0.29, 0.717) is 37.9 Å². The number of benzene rings is 2. The molecule has 4 nitrogen and oxygen atoms in total. The molecule has 0 fully saturated rings. The number of hydrogen-bond donors (Lipinski definition) is 0. The molecule has 6 heteroatoms. The molecule has 24 heavy (non-hydrogen) atoms. The molecule has 0 N–H and O–H groups in total. The maximum Gasteiger partial charge on any atom is 0.199 e. The van der Waals surface area contributed by atoms with Crippen LogP contribution >= 0.6 is 23.2 Å².